The van der Waals surface area contributed by atoms with Gasteiger partial charge in [0.1, 0.15) is 11.5 Å². The number of carbonyl (C=O) groups excluding carboxylic acids is 2. The van der Waals surface area contributed by atoms with E-state index in [1.165, 1.54) is 6.07 Å². The second-order valence-electron chi connectivity index (χ2n) is 5.50. The van der Waals surface area contributed by atoms with E-state index in [2.05, 4.69) is 0 Å². The summed E-state index contributed by atoms with van der Waals surface area (Å²) in [6.45, 7) is 1.90. The number of rotatable bonds is 0. The van der Waals surface area contributed by atoms with Crippen molar-refractivity contribution in [2.75, 3.05) is 0 Å². The Hall–Kier alpha value is -2.14. The monoisotopic (exact) mass is 274 g/mol. The molecule has 2 aliphatic carbocycles. The van der Waals surface area contributed by atoms with Gasteiger partial charge >= 0.3 is 0 Å². The number of fused-ring (bicyclic) bond motifs is 1. The number of ketones is 2. The van der Waals surface area contributed by atoms with Gasteiger partial charge in [-0.05, 0) is 24.8 Å². The van der Waals surface area contributed by atoms with E-state index in [0.29, 0.717) is 18.4 Å². The van der Waals surface area contributed by atoms with Crippen molar-refractivity contribution in [3.63, 3.8) is 0 Å². The van der Waals surface area contributed by atoms with Crippen LogP contribution in [0.15, 0.2) is 23.3 Å². The van der Waals surface area contributed by atoms with E-state index < -0.39 is 23.4 Å². The largest absolute Gasteiger partial charge is 0.508 e. The van der Waals surface area contributed by atoms with Crippen molar-refractivity contribution >= 4 is 11.6 Å². The maximum atomic E-state index is 12.4. The summed E-state index contributed by atoms with van der Waals surface area (Å²) >= 11 is 0. The fourth-order valence-corrected chi connectivity index (χ4v) is 3.07. The molecule has 0 bridgehead atoms. The molecule has 104 valence electrons. The first kappa shape index (κ1) is 12.9. The van der Waals surface area contributed by atoms with Crippen molar-refractivity contribution in [1.82, 2.24) is 0 Å². The highest BCUT2D eigenvalue weighted by Crippen LogP contribution is 2.41. The lowest BCUT2D eigenvalue weighted by molar-refractivity contribution is 0.0890. The average Bonchev–Trinajstić information content (AvgIpc) is 2.34. The van der Waals surface area contributed by atoms with E-state index in [9.17, 15) is 24.9 Å². The van der Waals surface area contributed by atoms with Gasteiger partial charge in [0, 0.05) is 22.8 Å². The van der Waals surface area contributed by atoms with Crippen molar-refractivity contribution in [3.8, 4) is 11.5 Å². The Morgan fingerprint density at radius 2 is 1.85 bits per heavy atom. The molecule has 5 nitrogen and oxygen atoms in total. The zero-order valence-corrected chi connectivity index (χ0v) is 10.9. The maximum Gasteiger partial charge on any atom is 0.196 e. The molecule has 2 atom stereocenters. The zero-order chi connectivity index (χ0) is 14.6. The molecule has 0 aliphatic heterocycles. The molecule has 0 saturated heterocycles. The number of hydrogen-bond donors (Lipinski definition) is 3. The summed E-state index contributed by atoms with van der Waals surface area (Å²) in [5.74, 6) is -1.52. The minimum Gasteiger partial charge on any atom is -0.508 e. The average molecular weight is 274 g/mol. The lowest BCUT2D eigenvalue weighted by Gasteiger charge is -2.31. The number of allylic oxidation sites excluding steroid dienone is 1. The molecule has 1 aromatic carbocycles. The zero-order valence-electron chi connectivity index (χ0n) is 10.9. The third kappa shape index (κ3) is 1.67. The fourth-order valence-electron chi connectivity index (χ4n) is 3.07. The Labute approximate surface area is 115 Å². The van der Waals surface area contributed by atoms with Gasteiger partial charge in [-0.2, -0.15) is 0 Å². The number of aliphatic hydroxyl groups is 1. The molecule has 0 radical (unpaired) electrons. The molecular weight excluding hydrogens is 260 g/mol. The van der Waals surface area contributed by atoms with E-state index in [1.807, 2.05) is 6.92 Å². The molecular formula is C15H14O5. The first-order valence-electron chi connectivity index (χ1n) is 6.46. The van der Waals surface area contributed by atoms with Crippen molar-refractivity contribution < 1.29 is 24.9 Å². The van der Waals surface area contributed by atoms with Gasteiger partial charge in [-0.3, -0.25) is 9.59 Å². The summed E-state index contributed by atoms with van der Waals surface area (Å²) in [6.07, 6.45) is -0.134. The van der Waals surface area contributed by atoms with Gasteiger partial charge in [0.05, 0.1) is 11.7 Å². The van der Waals surface area contributed by atoms with Gasteiger partial charge in [0.25, 0.3) is 0 Å². The molecule has 0 amide bonds. The van der Waals surface area contributed by atoms with Gasteiger partial charge in [0.15, 0.2) is 11.6 Å². The van der Waals surface area contributed by atoms with Gasteiger partial charge in [-0.25, -0.2) is 0 Å². The Morgan fingerprint density at radius 3 is 2.55 bits per heavy atom. The highest BCUT2D eigenvalue weighted by atomic mass is 16.3. The Kier molecular flexibility index (Phi) is 2.69. The minimum absolute atomic E-state index is 0.00699. The summed E-state index contributed by atoms with van der Waals surface area (Å²) < 4.78 is 0. The van der Waals surface area contributed by atoms with Crippen LogP contribution in [0.2, 0.25) is 0 Å². The number of Topliss-reactive ketones (excluding diaryl/α,β-unsaturated/α-hetero) is 2. The van der Waals surface area contributed by atoms with Gasteiger partial charge in [-0.1, -0.05) is 6.92 Å². The Bertz CT molecular complexity index is 671. The topological polar surface area (TPSA) is 94.8 Å². The highest BCUT2D eigenvalue weighted by molar-refractivity contribution is 6.28. The molecule has 0 heterocycles. The van der Waals surface area contributed by atoms with E-state index in [-0.39, 0.29) is 28.4 Å². The minimum atomic E-state index is -0.980. The van der Waals surface area contributed by atoms with Crippen LogP contribution in [0.25, 0.3) is 0 Å². The summed E-state index contributed by atoms with van der Waals surface area (Å²) in [5.41, 5.74) is 0.285. The van der Waals surface area contributed by atoms with Crippen LogP contribution < -0.4 is 0 Å². The highest BCUT2D eigenvalue weighted by Gasteiger charge is 2.40. The smallest absolute Gasteiger partial charge is 0.196 e. The van der Waals surface area contributed by atoms with Crippen molar-refractivity contribution in [1.29, 1.82) is 0 Å². The van der Waals surface area contributed by atoms with Crippen molar-refractivity contribution in [2.45, 2.75) is 25.9 Å². The van der Waals surface area contributed by atoms with E-state index in [4.69, 9.17) is 0 Å². The number of benzene rings is 1. The lowest BCUT2D eigenvalue weighted by Crippen LogP contribution is -2.34. The molecule has 0 saturated carbocycles. The van der Waals surface area contributed by atoms with Crippen LogP contribution in [-0.2, 0) is 0 Å². The standard InChI is InChI=1S/C15H14O5/c1-6-2-8-12(10(17)3-6)15(20)13-9(14(8)19)4-7(16)5-11(13)18/h4-6,10,16-18H,2-3H2,1H3/t6-,10-/m0/s1. The molecule has 3 N–H and O–H groups in total. The second-order valence-corrected chi connectivity index (χ2v) is 5.50. The predicted molar refractivity (Wildman–Crippen MR) is 69.9 cm³/mol. The van der Waals surface area contributed by atoms with Crippen LogP contribution in [0.3, 0.4) is 0 Å². The number of phenolic OH excluding ortho intramolecular Hbond substituents is 2. The van der Waals surface area contributed by atoms with Crippen LogP contribution in [0.4, 0.5) is 0 Å². The number of aromatic hydroxyl groups is 2. The molecule has 0 spiro atoms. The van der Waals surface area contributed by atoms with Gasteiger partial charge < -0.3 is 15.3 Å². The third-order valence-electron chi connectivity index (χ3n) is 3.93. The molecule has 0 aromatic heterocycles. The lowest BCUT2D eigenvalue weighted by atomic mass is 9.73. The van der Waals surface area contributed by atoms with Crippen LogP contribution in [0.1, 0.15) is 40.5 Å². The van der Waals surface area contributed by atoms with Crippen LogP contribution in [0.5, 0.6) is 11.5 Å². The predicted octanol–water partition coefficient (Wildman–Crippen LogP) is 1.56. The number of hydrogen-bond acceptors (Lipinski definition) is 5. The molecule has 0 fully saturated rings. The SMILES string of the molecule is C[C@H]1CC2=C(C(=O)c3c(O)cc(O)cc3C2=O)[C@@H](O)C1. The normalized spacial score (nSPS) is 25.5. The summed E-state index contributed by atoms with van der Waals surface area (Å²) in [5, 5.41) is 29.4. The molecule has 3 rings (SSSR count). The van der Waals surface area contributed by atoms with E-state index in [0.717, 1.165) is 6.07 Å². The number of phenols is 2. The van der Waals surface area contributed by atoms with Crippen molar-refractivity contribution in [3.05, 3.63) is 34.4 Å². The molecule has 0 unspecified atom stereocenters. The molecule has 5 heteroatoms. The van der Waals surface area contributed by atoms with E-state index in [1.54, 1.807) is 0 Å². The van der Waals surface area contributed by atoms with Crippen LogP contribution in [-0.4, -0.2) is 33.0 Å². The Balaban J connectivity index is 2.25. The van der Waals surface area contributed by atoms with Crippen LogP contribution in [0, 0.1) is 5.92 Å². The summed E-state index contributed by atoms with van der Waals surface area (Å²) in [4.78, 5) is 24.9. The number of carbonyl (C=O) groups is 2. The maximum absolute atomic E-state index is 12.4. The van der Waals surface area contributed by atoms with Gasteiger partial charge in [0.2, 0.25) is 0 Å². The second kappa shape index (κ2) is 4.18. The first-order chi connectivity index (χ1) is 9.40. The fraction of sp³-hybridized carbons (Fsp3) is 0.333. The first-order valence-corrected chi connectivity index (χ1v) is 6.46. The molecule has 20 heavy (non-hydrogen) atoms. The third-order valence-corrected chi connectivity index (χ3v) is 3.93. The molecule has 2 aliphatic rings. The Morgan fingerprint density at radius 1 is 1.15 bits per heavy atom. The van der Waals surface area contributed by atoms with Gasteiger partial charge in [-0.15, -0.1) is 0 Å². The molecule has 1 aromatic rings. The number of aliphatic hydroxyl groups excluding tert-OH is 1. The summed E-state index contributed by atoms with van der Waals surface area (Å²) in [7, 11) is 0. The van der Waals surface area contributed by atoms with Crippen molar-refractivity contribution in [2.24, 2.45) is 5.92 Å². The summed E-state index contributed by atoms with van der Waals surface area (Å²) in [6, 6.07) is 2.21. The quantitative estimate of drug-likeness (QED) is 0.667. The van der Waals surface area contributed by atoms with Crippen LogP contribution >= 0.6 is 0 Å². The van der Waals surface area contributed by atoms with E-state index >= 15 is 0 Å².